The van der Waals surface area contributed by atoms with Gasteiger partial charge in [-0.3, -0.25) is 9.59 Å². The lowest BCUT2D eigenvalue weighted by Crippen LogP contribution is -2.26. The second-order valence-corrected chi connectivity index (χ2v) is 6.98. The number of unbranched alkanes of at least 4 members (excludes halogenated alkanes) is 13. The Morgan fingerprint density at radius 3 is 1.24 bits per heavy atom. The quantitative estimate of drug-likeness (QED) is 0.187. The van der Waals surface area contributed by atoms with Crippen molar-refractivity contribution >= 4 is 11.9 Å². The fraction of sp³-hybridized carbons (Fsp3) is 0.905. The summed E-state index contributed by atoms with van der Waals surface area (Å²) < 4.78 is 9.33. The standard InChI is InChI=1S/C21H40O4/c1-4-5-6-7-8-9-10-11-12-13-14-15-16-17-18-19(20(22)24-2)21(23)25-3/h19H,4-18H2,1-3H3. The van der Waals surface area contributed by atoms with Gasteiger partial charge in [0.1, 0.15) is 0 Å². The van der Waals surface area contributed by atoms with Crippen molar-refractivity contribution in [2.75, 3.05) is 14.2 Å². The van der Waals surface area contributed by atoms with Gasteiger partial charge in [-0.05, 0) is 6.42 Å². The molecule has 0 rings (SSSR count). The van der Waals surface area contributed by atoms with Gasteiger partial charge in [-0.25, -0.2) is 0 Å². The van der Waals surface area contributed by atoms with E-state index in [1.54, 1.807) is 0 Å². The Hall–Kier alpha value is -1.06. The van der Waals surface area contributed by atoms with Crippen LogP contribution in [-0.4, -0.2) is 26.2 Å². The fourth-order valence-electron chi connectivity index (χ4n) is 3.16. The molecule has 148 valence electrons. The molecule has 0 aromatic carbocycles. The number of carbonyl (C=O) groups excluding carboxylic acids is 2. The molecule has 0 aromatic heterocycles. The SMILES string of the molecule is CCCCCCCCCCCCCCCCC(C(=O)OC)C(=O)OC. The number of hydrogen-bond acceptors (Lipinski definition) is 4. The van der Waals surface area contributed by atoms with Gasteiger partial charge in [-0.15, -0.1) is 0 Å². The van der Waals surface area contributed by atoms with Crippen LogP contribution in [0, 0.1) is 5.92 Å². The van der Waals surface area contributed by atoms with Gasteiger partial charge in [-0.1, -0.05) is 96.8 Å². The molecule has 25 heavy (non-hydrogen) atoms. The van der Waals surface area contributed by atoms with Crippen molar-refractivity contribution in [3.05, 3.63) is 0 Å². The highest BCUT2D eigenvalue weighted by Crippen LogP contribution is 2.16. The van der Waals surface area contributed by atoms with Gasteiger partial charge in [0.2, 0.25) is 0 Å². The first-order chi connectivity index (χ1) is 12.2. The molecule has 4 heteroatoms. The summed E-state index contributed by atoms with van der Waals surface area (Å²) in [6.07, 6.45) is 18.6. The van der Waals surface area contributed by atoms with Crippen molar-refractivity contribution < 1.29 is 19.1 Å². The first-order valence-electron chi connectivity index (χ1n) is 10.3. The molecule has 0 saturated heterocycles. The van der Waals surface area contributed by atoms with Crippen molar-refractivity contribution in [2.24, 2.45) is 5.92 Å². The average molecular weight is 357 g/mol. The van der Waals surface area contributed by atoms with E-state index in [0.29, 0.717) is 6.42 Å². The number of hydrogen-bond donors (Lipinski definition) is 0. The molecule has 0 heterocycles. The van der Waals surface area contributed by atoms with E-state index in [1.165, 1.54) is 91.3 Å². The third-order valence-corrected chi connectivity index (χ3v) is 4.82. The molecule has 0 atom stereocenters. The summed E-state index contributed by atoms with van der Waals surface area (Å²) in [7, 11) is 2.62. The number of carbonyl (C=O) groups is 2. The predicted molar refractivity (Wildman–Crippen MR) is 102 cm³/mol. The van der Waals surface area contributed by atoms with Crippen LogP contribution in [0.15, 0.2) is 0 Å². The average Bonchev–Trinajstić information content (AvgIpc) is 2.63. The van der Waals surface area contributed by atoms with Gasteiger partial charge in [0.25, 0.3) is 0 Å². The topological polar surface area (TPSA) is 52.6 Å². The first-order valence-corrected chi connectivity index (χ1v) is 10.3. The van der Waals surface area contributed by atoms with E-state index in [4.69, 9.17) is 0 Å². The Morgan fingerprint density at radius 1 is 0.600 bits per heavy atom. The normalized spacial score (nSPS) is 10.9. The Bertz CT molecular complexity index is 312. The van der Waals surface area contributed by atoms with Crippen LogP contribution >= 0.6 is 0 Å². The van der Waals surface area contributed by atoms with Crippen LogP contribution in [0.25, 0.3) is 0 Å². The van der Waals surface area contributed by atoms with Crippen LogP contribution in [0.5, 0.6) is 0 Å². The molecule has 0 fully saturated rings. The minimum atomic E-state index is -0.757. The van der Waals surface area contributed by atoms with Gasteiger partial charge < -0.3 is 9.47 Å². The van der Waals surface area contributed by atoms with Crippen LogP contribution in [-0.2, 0) is 19.1 Å². The highest BCUT2D eigenvalue weighted by atomic mass is 16.5. The van der Waals surface area contributed by atoms with E-state index in [2.05, 4.69) is 16.4 Å². The van der Waals surface area contributed by atoms with Crippen LogP contribution < -0.4 is 0 Å². The van der Waals surface area contributed by atoms with Gasteiger partial charge in [0.15, 0.2) is 5.92 Å². The Kier molecular flexibility index (Phi) is 17.0. The Balaban J connectivity index is 3.43. The third kappa shape index (κ3) is 13.9. The molecule has 0 radical (unpaired) electrons. The second-order valence-electron chi connectivity index (χ2n) is 6.98. The minimum Gasteiger partial charge on any atom is -0.468 e. The number of ether oxygens (including phenoxy) is 2. The van der Waals surface area contributed by atoms with E-state index < -0.39 is 17.9 Å². The summed E-state index contributed by atoms with van der Waals surface area (Å²) in [4.78, 5) is 23.1. The maximum atomic E-state index is 11.6. The molecule has 0 bridgehead atoms. The highest BCUT2D eigenvalue weighted by Gasteiger charge is 2.27. The van der Waals surface area contributed by atoms with E-state index in [0.717, 1.165) is 12.8 Å². The maximum Gasteiger partial charge on any atom is 0.320 e. The molecular weight excluding hydrogens is 316 g/mol. The van der Waals surface area contributed by atoms with Crippen LogP contribution in [0.4, 0.5) is 0 Å². The number of rotatable bonds is 17. The van der Waals surface area contributed by atoms with Gasteiger partial charge >= 0.3 is 11.9 Å². The summed E-state index contributed by atoms with van der Waals surface area (Å²) >= 11 is 0. The zero-order valence-corrected chi connectivity index (χ0v) is 16.8. The molecule has 0 aliphatic rings. The smallest absolute Gasteiger partial charge is 0.320 e. The van der Waals surface area contributed by atoms with E-state index >= 15 is 0 Å². The number of methoxy groups -OCH3 is 2. The maximum absolute atomic E-state index is 11.6. The molecule has 0 N–H and O–H groups in total. The molecule has 4 nitrogen and oxygen atoms in total. The lowest BCUT2D eigenvalue weighted by Gasteiger charge is -2.11. The van der Waals surface area contributed by atoms with E-state index in [9.17, 15) is 9.59 Å². The zero-order chi connectivity index (χ0) is 18.8. The molecule has 0 spiro atoms. The minimum absolute atomic E-state index is 0.485. The van der Waals surface area contributed by atoms with Crippen molar-refractivity contribution in [1.29, 1.82) is 0 Å². The molecule has 0 saturated carbocycles. The fourth-order valence-corrected chi connectivity index (χ4v) is 3.16. The third-order valence-electron chi connectivity index (χ3n) is 4.82. The summed E-state index contributed by atoms with van der Waals surface area (Å²) in [5.41, 5.74) is 0. The van der Waals surface area contributed by atoms with Gasteiger partial charge in [-0.2, -0.15) is 0 Å². The first kappa shape index (κ1) is 23.9. The van der Waals surface area contributed by atoms with Crippen molar-refractivity contribution in [1.82, 2.24) is 0 Å². The summed E-state index contributed by atoms with van der Waals surface area (Å²) in [6, 6.07) is 0. The summed E-state index contributed by atoms with van der Waals surface area (Å²) in [6.45, 7) is 2.26. The van der Waals surface area contributed by atoms with Crippen molar-refractivity contribution in [3.63, 3.8) is 0 Å². The lowest BCUT2D eigenvalue weighted by atomic mass is 10.00. The second kappa shape index (κ2) is 17.8. The molecule has 0 amide bonds. The molecule has 0 aliphatic heterocycles. The van der Waals surface area contributed by atoms with E-state index in [-0.39, 0.29) is 0 Å². The van der Waals surface area contributed by atoms with E-state index in [1.807, 2.05) is 0 Å². The monoisotopic (exact) mass is 356 g/mol. The van der Waals surface area contributed by atoms with Gasteiger partial charge in [0.05, 0.1) is 14.2 Å². The van der Waals surface area contributed by atoms with Crippen molar-refractivity contribution in [3.8, 4) is 0 Å². The number of esters is 2. The predicted octanol–water partition coefficient (Wildman–Crippen LogP) is 5.82. The van der Waals surface area contributed by atoms with Gasteiger partial charge in [0, 0.05) is 0 Å². The zero-order valence-electron chi connectivity index (χ0n) is 16.8. The Morgan fingerprint density at radius 2 is 0.920 bits per heavy atom. The van der Waals surface area contributed by atoms with Crippen LogP contribution in [0.3, 0.4) is 0 Å². The molecule has 0 unspecified atom stereocenters. The Labute approximate surface area is 155 Å². The summed E-state index contributed by atoms with van der Waals surface area (Å²) in [5.74, 6) is -1.73. The molecule has 0 aliphatic carbocycles. The van der Waals surface area contributed by atoms with Crippen molar-refractivity contribution in [2.45, 2.75) is 103 Å². The largest absolute Gasteiger partial charge is 0.468 e. The van der Waals surface area contributed by atoms with Crippen LogP contribution in [0.2, 0.25) is 0 Å². The lowest BCUT2D eigenvalue weighted by molar-refractivity contribution is -0.159. The molecular formula is C21H40O4. The molecule has 0 aromatic rings. The van der Waals surface area contributed by atoms with Crippen LogP contribution in [0.1, 0.15) is 103 Å². The highest BCUT2D eigenvalue weighted by molar-refractivity contribution is 5.94. The summed E-state index contributed by atoms with van der Waals surface area (Å²) in [5, 5.41) is 0.